The summed E-state index contributed by atoms with van der Waals surface area (Å²) in [5, 5.41) is 3.05. The van der Waals surface area contributed by atoms with Crippen molar-refractivity contribution < 1.29 is 4.79 Å². The Balaban J connectivity index is 1.85. The van der Waals surface area contributed by atoms with Gasteiger partial charge in [0.05, 0.1) is 0 Å². The van der Waals surface area contributed by atoms with E-state index in [4.69, 9.17) is 0 Å². The fraction of sp³-hybridized carbons (Fsp3) is 0.588. The van der Waals surface area contributed by atoms with Gasteiger partial charge in [0.1, 0.15) is 0 Å². The molecule has 1 aliphatic heterocycles. The summed E-state index contributed by atoms with van der Waals surface area (Å²) in [5.41, 5.74) is 2.44. The number of hydrogen-bond donors (Lipinski definition) is 1. The number of nitrogens with one attached hydrogen (secondary N) is 1. The molecule has 1 aromatic carbocycles. The van der Waals surface area contributed by atoms with Crippen LogP contribution >= 0.6 is 11.8 Å². The molecular formula is C17H27N3OS. The molecule has 0 aliphatic carbocycles. The molecule has 1 fully saturated rings. The van der Waals surface area contributed by atoms with Gasteiger partial charge in [0.15, 0.2) is 0 Å². The minimum atomic E-state index is 0.0624. The molecule has 0 unspecified atom stereocenters. The summed E-state index contributed by atoms with van der Waals surface area (Å²) < 4.78 is 0. The number of thioether (sulfide) groups is 1. The molecule has 4 nitrogen and oxygen atoms in total. The van der Waals surface area contributed by atoms with Gasteiger partial charge in [-0.05, 0) is 44.3 Å². The molecule has 2 amide bonds. The standard InChI is InChI=1S/C17H27N3OS/c1-14-8-10-22-11-9-20(14)17(21)18-12-15-4-6-16(7-5-15)13-19(2)3/h4-7,14H,8-13H2,1-3H3,(H,18,21)/t14-/m0/s1. The Bertz CT molecular complexity index is 475. The van der Waals surface area contributed by atoms with Crippen molar-refractivity contribution in [1.29, 1.82) is 0 Å². The molecule has 2 rings (SSSR count). The number of rotatable bonds is 4. The zero-order valence-electron chi connectivity index (χ0n) is 13.8. The number of nitrogens with zero attached hydrogens (tertiary/aromatic N) is 2. The maximum atomic E-state index is 12.3. The molecule has 0 aromatic heterocycles. The van der Waals surface area contributed by atoms with E-state index >= 15 is 0 Å². The number of urea groups is 1. The third-order valence-electron chi connectivity index (χ3n) is 3.91. The van der Waals surface area contributed by atoms with Crippen molar-refractivity contribution in [1.82, 2.24) is 15.1 Å². The predicted octanol–water partition coefficient (Wildman–Crippen LogP) is 2.79. The second-order valence-corrected chi connectivity index (χ2v) is 7.38. The summed E-state index contributed by atoms with van der Waals surface area (Å²) in [5.74, 6) is 2.19. The van der Waals surface area contributed by atoms with E-state index < -0.39 is 0 Å². The fourth-order valence-corrected chi connectivity index (χ4v) is 3.64. The Kier molecular flexibility index (Phi) is 6.58. The van der Waals surface area contributed by atoms with Crippen molar-refractivity contribution in [2.45, 2.75) is 32.5 Å². The summed E-state index contributed by atoms with van der Waals surface area (Å²) in [6.45, 7) is 4.52. The fourth-order valence-electron chi connectivity index (χ4n) is 2.60. The SMILES string of the molecule is C[C@H]1CCSCCN1C(=O)NCc1ccc(CN(C)C)cc1. The van der Waals surface area contributed by atoms with Crippen molar-refractivity contribution in [2.24, 2.45) is 0 Å². The first-order valence-electron chi connectivity index (χ1n) is 7.91. The van der Waals surface area contributed by atoms with E-state index in [2.05, 4.69) is 55.5 Å². The van der Waals surface area contributed by atoms with Gasteiger partial charge in [-0.2, -0.15) is 11.8 Å². The van der Waals surface area contributed by atoms with Gasteiger partial charge >= 0.3 is 6.03 Å². The molecule has 0 saturated carbocycles. The summed E-state index contributed by atoms with van der Waals surface area (Å²) in [6.07, 6.45) is 1.08. The van der Waals surface area contributed by atoms with Crippen molar-refractivity contribution >= 4 is 17.8 Å². The molecule has 1 N–H and O–H groups in total. The van der Waals surface area contributed by atoms with E-state index in [1.807, 2.05) is 16.7 Å². The Morgan fingerprint density at radius 2 is 1.95 bits per heavy atom. The van der Waals surface area contributed by atoms with Gasteiger partial charge in [-0.15, -0.1) is 0 Å². The van der Waals surface area contributed by atoms with Crippen LogP contribution < -0.4 is 5.32 Å². The van der Waals surface area contributed by atoms with Crippen LogP contribution in [0.1, 0.15) is 24.5 Å². The lowest BCUT2D eigenvalue weighted by Crippen LogP contribution is -2.45. The second kappa shape index (κ2) is 8.44. The smallest absolute Gasteiger partial charge is 0.317 e. The normalized spacial score (nSPS) is 19.1. The van der Waals surface area contributed by atoms with E-state index in [0.717, 1.165) is 36.6 Å². The van der Waals surface area contributed by atoms with Crippen molar-refractivity contribution in [3.8, 4) is 0 Å². The maximum Gasteiger partial charge on any atom is 0.317 e. The third kappa shape index (κ3) is 5.21. The van der Waals surface area contributed by atoms with E-state index in [1.165, 1.54) is 5.56 Å². The van der Waals surface area contributed by atoms with Gasteiger partial charge in [-0.3, -0.25) is 0 Å². The average molecular weight is 321 g/mol. The minimum Gasteiger partial charge on any atom is -0.334 e. The highest BCUT2D eigenvalue weighted by Gasteiger charge is 2.21. The lowest BCUT2D eigenvalue weighted by atomic mass is 10.1. The predicted molar refractivity (Wildman–Crippen MR) is 94.2 cm³/mol. The molecule has 5 heteroatoms. The van der Waals surface area contributed by atoms with Crippen LogP contribution in [0.5, 0.6) is 0 Å². The highest BCUT2D eigenvalue weighted by atomic mass is 32.2. The highest BCUT2D eigenvalue weighted by Crippen LogP contribution is 2.16. The van der Waals surface area contributed by atoms with Crippen molar-refractivity contribution in [3.63, 3.8) is 0 Å². The van der Waals surface area contributed by atoms with Crippen LogP contribution in [0.4, 0.5) is 4.79 Å². The molecule has 22 heavy (non-hydrogen) atoms. The zero-order chi connectivity index (χ0) is 15.9. The van der Waals surface area contributed by atoms with Crippen molar-refractivity contribution in [3.05, 3.63) is 35.4 Å². The van der Waals surface area contributed by atoms with Gasteiger partial charge in [0.2, 0.25) is 0 Å². The Hall–Kier alpha value is -1.20. The van der Waals surface area contributed by atoms with E-state index in [0.29, 0.717) is 12.6 Å². The van der Waals surface area contributed by atoms with Gasteiger partial charge in [0.25, 0.3) is 0 Å². The molecule has 0 bridgehead atoms. The van der Waals surface area contributed by atoms with Crippen molar-refractivity contribution in [2.75, 3.05) is 32.1 Å². The van der Waals surface area contributed by atoms with Crippen LogP contribution in [0, 0.1) is 0 Å². The van der Waals surface area contributed by atoms with Gasteiger partial charge in [-0.1, -0.05) is 24.3 Å². The largest absolute Gasteiger partial charge is 0.334 e. The third-order valence-corrected chi connectivity index (χ3v) is 4.91. The van der Waals surface area contributed by atoms with E-state index in [1.54, 1.807) is 0 Å². The maximum absolute atomic E-state index is 12.3. The minimum absolute atomic E-state index is 0.0624. The monoisotopic (exact) mass is 321 g/mol. The zero-order valence-corrected chi connectivity index (χ0v) is 14.7. The molecule has 122 valence electrons. The molecule has 1 heterocycles. The first-order valence-corrected chi connectivity index (χ1v) is 9.06. The Morgan fingerprint density at radius 1 is 1.27 bits per heavy atom. The van der Waals surface area contributed by atoms with Crippen LogP contribution in [0.25, 0.3) is 0 Å². The van der Waals surface area contributed by atoms with Crippen LogP contribution in [-0.4, -0.2) is 54.0 Å². The molecule has 1 aliphatic rings. The highest BCUT2D eigenvalue weighted by molar-refractivity contribution is 7.99. The number of hydrogen-bond acceptors (Lipinski definition) is 3. The van der Waals surface area contributed by atoms with Crippen LogP contribution in [0.15, 0.2) is 24.3 Å². The van der Waals surface area contributed by atoms with Crippen LogP contribution in [-0.2, 0) is 13.1 Å². The van der Waals surface area contributed by atoms with E-state index in [9.17, 15) is 4.79 Å². The van der Waals surface area contributed by atoms with Gasteiger partial charge in [0, 0.05) is 31.4 Å². The lowest BCUT2D eigenvalue weighted by molar-refractivity contribution is 0.182. The number of carbonyl (C=O) groups excluding carboxylic acids is 1. The molecule has 1 atom stereocenters. The number of amides is 2. The first-order chi connectivity index (χ1) is 10.6. The molecular weight excluding hydrogens is 294 g/mol. The number of benzene rings is 1. The molecule has 1 saturated heterocycles. The molecule has 1 aromatic rings. The first kappa shape index (κ1) is 17.2. The molecule has 0 spiro atoms. The van der Waals surface area contributed by atoms with Crippen LogP contribution in [0.2, 0.25) is 0 Å². The summed E-state index contributed by atoms with van der Waals surface area (Å²) in [7, 11) is 4.13. The summed E-state index contributed by atoms with van der Waals surface area (Å²) in [6, 6.07) is 8.85. The van der Waals surface area contributed by atoms with Crippen LogP contribution in [0.3, 0.4) is 0 Å². The quantitative estimate of drug-likeness (QED) is 0.926. The topological polar surface area (TPSA) is 35.6 Å². The Morgan fingerprint density at radius 3 is 2.64 bits per heavy atom. The van der Waals surface area contributed by atoms with Gasteiger partial charge < -0.3 is 15.1 Å². The van der Waals surface area contributed by atoms with Gasteiger partial charge in [-0.25, -0.2) is 4.79 Å². The number of carbonyl (C=O) groups is 1. The molecule has 0 radical (unpaired) electrons. The van der Waals surface area contributed by atoms with E-state index in [-0.39, 0.29) is 6.03 Å². The summed E-state index contributed by atoms with van der Waals surface area (Å²) in [4.78, 5) is 16.5. The lowest BCUT2D eigenvalue weighted by Gasteiger charge is -2.27. The second-order valence-electron chi connectivity index (χ2n) is 6.16. The average Bonchev–Trinajstić information content (AvgIpc) is 2.70. The summed E-state index contributed by atoms with van der Waals surface area (Å²) >= 11 is 1.94. The Labute approximate surface area is 138 Å².